The maximum Gasteiger partial charge on any atom is 0.100 e. The van der Waals surface area contributed by atoms with Crippen LogP contribution in [0, 0.1) is 13.8 Å². The molecule has 0 atom stereocenters. The predicted molar refractivity (Wildman–Crippen MR) is 81.6 cm³/mol. The van der Waals surface area contributed by atoms with Crippen molar-refractivity contribution in [2.75, 3.05) is 6.54 Å². The van der Waals surface area contributed by atoms with Crippen molar-refractivity contribution in [3.05, 3.63) is 23.1 Å². The molecular formula is C15H25N5. The van der Waals surface area contributed by atoms with Gasteiger partial charge in [-0.3, -0.25) is 9.36 Å². The van der Waals surface area contributed by atoms with Crippen LogP contribution in [0.4, 0.5) is 0 Å². The molecule has 2 rings (SSSR count). The topological polar surface area (TPSA) is 47.7 Å². The summed E-state index contributed by atoms with van der Waals surface area (Å²) >= 11 is 0. The molecule has 2 aromatic heterocycles. The fourth-order valence-electron chi connectivity index (χ4n) is 2.62. The molecule has 0 fully saturated rings. The number of nitrogens with zero attached hydrogens (tertiary/aromatic N) is 4. The van der Waals surface area contributed by atoms with Gasteiger partial charge < -0.3 is 5.32 Å². The number of aromatic nitrogens is 4. The van der Waals surface area contributed by atoms with Gasteiger partial charge in [0, 0.05) is 43.2 Å². The van der Waals surface area contributed by atoms with Crippen molar-refractivity contribution in [3.63, 3.8) is 0 Å². The minimum atomic E-state index is 0.854. The second kappa shape index (κ2) is 6.22. The summed E-state index contributed by atoms with van der Waals surface area (Å²) in [7, 11) is 1.97. The van der Waals surface area contributed by atoms with E-state index in [0.717, 1.165) is 37.4 Å². The smallest absolute Gasteiger partial charge is 0.100 e. The highest BCUT2D eigenvalue weighted by atomic mass is 15.3. The van der Waals surface area contributed by atoms with Crippen LogP contribution in [-0.2, 0) is 20.1 Å². The summed E-state index contributed by atoms with van der Waals surface area (Å²) in [4.78, 5) is 0. The third-order valence-electron chi connectivity index (χ3n) is 3.56. The van der Waals surface area contributed by atoms with E-state index in [2.05, 4.69) is 49.4 Å². The molecule has 0 aliphatic heterocycles. The van der Waals surface area contributed by atoms with Crippen LogP contribution in [0.2, 0.25) is 0 Å². The van der Waals surface area contributed by atoms with Gasteiger partial charge >= 0.3 is 0 Å². The first kappa shape index (κ1) is 14.8. The van der Waals surface area contributed by atoms with E-state index in [1.54, 1.807) is 0 Å². The Kier molecular flexibility index (Phi) is 4.60. The van der Waals surface area contributed by atoms with Crippen LogP contribution >= 0.6 is 0 Å². The Morgan fingerprint density at radius 1 is 1.20 bits per heavy atom. The number of aryl methyl sites for hydroxylation is 3. The lowest BCUT2D eigenvalue weighted by Crippen LogP contribution is -2.14. The first-order valence-electron chi connectivity index (χ1n) is 7.36. The van der Waals surface area contributed by atoms with Crippen molar-refractivity contribution in [1.82, 2.24) is 24.9 Å². The summed E-state index contributed by atoms with van der Waals surface area (Å²) in [6.45, 7) is 11.3. The lowest BCUT2D eigenvalue weighted by Gasteiger charge is -2.05. The third-order valence-corrected chi connectivity index (χ3v) is 3.56. The highest BCUT2D eigenvalue weighted by Gasteiger charge is 2.18. The monoisotopic (exact) mass is 275 g/mol. The molecule has 20 heavy (non-hydrogen) atoms. The average Bonchev–Trinajstić information content (AvgIpc) is 2.90. The molecule has 0 saturated heterocycles. The fourth-order valence-corrected chi connectivity index (χ4v) is 2.62. The zero-order chi connectivity index (χ0) is 14.7. The van der Waals surface area contributed by atoms with E-state index in [1.165, 1.54) is 16.8 Å². The van der Waals surface area contributed by atoms with Crippen LogP contribution in [0.15, 0.2) is 6.20 Å². The van der Waals surface area contributed by atoms with Gasteiger partial charge in [-0.25, -0.2) is 0 Å². The summed E-state index contributed by atoms with van der Waals surface area (Å²) in [5.41, 5.74) is 5.73. The van der Waals surface area contributed by atoms with Gasteiger partial charge in [-0.05, 0) is 33.7 Å². The standard InChI is InChI=1S/C15H25N5/c1-6-8-16-9-13-10-19(5)18-15(13)14-11(3)17-20(7-2)12(14)4/h10,16H,6-9H2,1-5H3. The van der Waals surface area contributed by atoms with Gasteiger partial charge in [0.25, 0.3) is 0 Å². The van der Waals surface area contributed by atoms with E-state index >= 15 is 0 Å². The number of hydrogen-bond acceptors (Lipinski definition) is 3. The van der Waals surface area contributed by atoms with Crippen molar-refractivity contribution < 1.29 is 0 Å². The lowest BCUT2D eigenvalue weighted by atomic mass is 10.1. The van der Waals surface area contributed by atoms with Crippen LogP contribution in [0.1, 0.15) is 37.2 Å². The molecule has 0 aliphatic carbocycles. The van der Waals surface area contributed by atoms with Gasteiger partial charge in [0.2, 0.25) is 0 Å². The Labute approximate surface area is 121 Å². The molecule has 110 valence electrons. The van der Waals surface area contributed by atoms with E-state index in [1.807, 2.05) is 16.4 Å². The molecule has 0 amide bonds. The molecule has 0 saturated carbocycles. The van der Waals surface area contributed by atoms with E-state index in [-0.39, 0.29) is 0 Å². The molecule has 2 heterocycles. The largest absolute Gasteiger partial charge is 0.313 e. The highest BCUT2D eigenvalue weighted by Crippen LogP contribution is 2.28. The summed E-state index contributed by atoms with van der Waals surface area (Å²) < 4.78 is 3.93. The Morgan fingerprint density at radius 2 is 1.95 bits per heavy atom. The molecule has 0 unspecified atom stereocenters. The van der Waals surface area contributed by atoms with Crippen molar-refractivity contribution in [2.24, 2.45) is 7.05 Å². The Hall–Kier alpha value is -1.62. The normalized spacial score (nSPS) is 11.2. The van der Waals surface area contributed by atoms with Gasteiger partial charge in [-0.2, -0.15) is 10.2 Å². The van der Waals surface area contributed by atoms with Crippen LogP contribution in [0.5, 0.6) is 0 Å². The highest BCUT2D eigenvalue weighted by molar-refractivity contribution is 5.67. The zero-order valence-electron chi connectivity index (χ0n) is 13.2. The molecular weight excluding hydrogens is 250 g/mol. The SMILES string of the molecule is CCCNCc1cn(C)nc1-c1c(C)nn(CC)c1C. The third kappa shape index (κ3) is 2.77. The quantitative estimate of drug-likeness (QED) is 0.824. The average molecular weight is 275 g/mol. The second-order valence-corrected chi connectivity index (χ2v) is 5.21. The molecule has 5 heteroatoms. The Balaban J connectivity index is 2.39. The van der Waals surface area contributed by atoms with Crippen LogP contribution in [0.25, 0.3) is 11.3 Å². The van der Waals surface area contributed by atoms with Crippen LogP contribution in [-0.4, -0.2) is 26.1 Å². The minimum absolute atomic E-state index is 0.854. The summed E-state index contributed by atoms with van der Waals surface area (Å²) in [6, 6.07) is 0. The van der Waals surface area contributed by atoms with E-state index in [4.69, 9.17) is 0 Å². The first-order chi connectivity index (χ1) is 9.58. The molecule has 0 radical (unpaired) electrons. The maximum atomic E-state index is 4.65. The van der Waals surface area contributed by atoms with Gasteiger partial charge in [0.1, 0.15) is 5.69 Å². The van der Waals surface area contributed by atoms with Crippen molar-refractivity contribution >= 4 is 0 Å². The van der Waals surface area contributed by atoms with Crippen molar-refractivity contribution in [2.45, 2.75) is 47.2 Å². The van der Waals surface area contributed by atoms with Gasteiger partial charge in [-0.15, -0.1) is 0 Å². The molecule has 0 spiro atoms. The maximum absolute atomic E-state index is 4.65. The van der Waals surface area contributed by atoms with Gasteiger partial charge in [0.15, 0.2) is 0 Å². The molecule has 0 bridgehead atoms. The zero-order valence-corrected chi connectivity index (χ0v) is 13.2. The molecule has 0 aromatic carbocycles. The predicted octanol–water partition coefficient (Wildman–Crippen LogP) is 2.42. The fraction of sp³-hybridized carbons (Fsp3) is 0.600. The first-order valence-corrected chi connectivity index (χ1v) is 7.36. The number of rotatable bonds is 6. The van der Waals surface area contributed by atoms with E-state index in [0.29, 0.717) is 0 Å². The Bertz CT molecular complexity index is 579. The number of nitrogens with one attached hydrogen (secondary N) is 1. The summed E-state index contributed by atoms with van der Waals surface area (Å²) in [5, 5.41) is 12.7. The minimum Gasteiger partial charge on any atom is -0.313 e. The molecule has 0 aliphatic rings. The van der Waals surface area contributed by atoms with Crippen LogP contribution in [0.3, 0.4) is 0 Å². The second-order valence-electron chi connectivity index (χ2n) is 5.21. The van der Waals surface area contributed by atoms with E-state index < -0.39 is 0 Å². The van der Waals surface area contributed by atoms with Crippen molar-refractivity contribution in [3.8, 4) is 11.3 Å². The lowest BCUT2D eigenvalue weighted by molar-refractivity contribution is 0.634. The van der Waals surface area contributed by atoms with Crippen molar-refractivity contribution in [1.29, 1.82) is 0 Å². The van der Waals surface area contributed by atoms with E-state index in [9.17, 15) is 0 Å². The van der Waals surface area contributed by atoms with Gasteiger partial charge in [-0.1, -0.05) is 6.92 Å². The van der Waals surface area contributed by atoms with Gasteiger partial charge in [0.05, 0.1) is 5.69 Å². The molecule has 2 aromatic rings. The van der Waals surface area contributed by atoms with Crippen LogP contribution < -0.4 is 5.32 Å². The number of hydrogen-bond donors (Lipinski definition) is 1. The molecule has 1 N–H and O–H groups in total. The summed E-state index contributed by atoms with van der Waals surface area (Å²) in [5.74, 6) is 0. The Morgan fingerprint density at radius 3 is 2.55 bits per heavy atom. The molecule has 5 nitrogen and oxygen atoms in total. The summed E-state index contributed by atoms with van der Waals surface area (Å²) in [6.07, 6.45) is 3.24.